The van der Waals surface area contributed by atoms with Gasteiger partial charge in [0.2, 0.25) is 5.91 Å². The second kappa shape index (κ2) is 8.38. The second-order valence-electron chi connectivity index (χ2n) is 2.89. The summed E-state index contributed by atoms with van der Waals surface area (Å²) in [5.74, 6) is 1.87. The standard InChI is InChI=1S/C9H20N2OS/c1-3-6-11-8(9(10)12)5-7-13-4-2/h8,11H,3-7H2,1-2H3,(H2,10,12). The highest BCUT2D eigenvalue weighted by Gasteiger charge is 2.12. The van der Waals surface area contributed by atoms with Crippen molar-refractivity contribution in [1.29, 1.82) is 0 Å². The monoisotopic (exact) mass is 204 g/mol. The zero-order valence-corrected chi connectivity index (χ0v) is 9.32. The van der Waals surface area contributed by atoms with E-state index in [1.807, 2.05) is 11.8 Å². The number of thioether (sulfide) groups is 1. The van der Waals surface area contributed by atoms with Gasteiger partial charge in [-0.25, -0.2) is 0 Å². The molecule has 4 heteroatoms. The van der Waals surface area contributed by atoms with Gasteiger partial charge in [0.15, 0.2) is 0 Å². The Morgan fingerprint density at radius 3 is 2.69 bits per heavy atom. The van der Waals surface area contributed by atoms with Crippen molar-refractivity contribution in [3.05, 3.63) is 0 Å². The molecule has 1 amide bonds. The first kappa shape index (κ1) is 12.8. The predicted molar refractivity (Wildman–Crippen MR) is 58.9 cm³/mol. The molecule has 0 aromatic rings. The summed E-state index contributed by atoms with van der Waals surface area (Å²) < 4.78 is 0. The molecule has 3 N–H and O–H groups in total. The highest BCUT2D eigenvalue weighted by atomic mass is 32.2. The van der Waals surface area contributed by atoms with Gasteiger partial charge in [0.25, 0.3) is 0 Å². The van der Waals surface area contributed by atoms with Gasteiger partial charge in [-0.1, -0.05) is 13.8 Å². The molecule has 0 saturated carbocycles. The highest BCUT2D eigenvalue weighted by molar-refractivity contribution is 7.99. The lowest BCUT2D eigenvalue weighted by molar-refractivity contribution is -0.120. The fraction of sp³-hybridized carbons (Fsp3) is 0.889. The SMILES string of the molecule is CCCNC(CCSCC)C(N)=O. The minimum Gasteiger partial charge on any atom is -0.368 e. The summed E-state index contributed by atoms with van der Waals surface area (Å²) in [6, 6.07) is -0.140. The van der Waals surface area contributed by atoms with Crippen LogP contribution in [0.1, 0.15) is 26.7 Å². The number of nitrogens with one attached hydrogen (secondary N) is 1. The summed E-state index contributed by atoms with van der Waals surface area (Å²) in [6.45, 7) is 5.06. The number of rotatable bonds is 8. The number of nitrogens with two attached hydrogens (primary N) is 1. The zero-order valence-electron chi connectivity index (χ0n) is 8.51. The quantitative estimate of drug-likeness (QED) is 0.580. The van der Waals surface area contributed by atoms with Crippen LogP contribution >= 0.6 is 11.8 Å². The molecule has 0 fully saturated rings. The minimum atomic E-state index is -0.231. The molecule has 3 nitrogen and oxygen atoms in total. The molecule has 1 unspecified atom stereocenters. The Bertz CT molecular complexity index is 142. The molecule has 0 rings (SSSR count). The molecule has 0 heterocycles. The molecular formula is C9H20N2OS. The van der Waals surface area contributed by atoms with Gasteiger partial charge in [0, 0.05) is 0 Å². The molecule has 0 saturated heterocycles. The normalized spacial score (nSPS) is 12.8. The molecule has 0 aliphatic carbocycles. The Labute approximate surface area is 84.8 Å². The lowest BCUT2D eigenvalue weighted by Crippen LogP contribution is -2.41. The van der Waals surface area contributed by atoms with Gasteiger partial charge >= 0.3 is 0 Å². The van der Waals surface area contributed by atoms with Crippen LogP contribution in [0.5, 0.6) is 0 Å². The summed E-state index contributed by atoms with van der Waals surface area (Å²) in [5, 5.41) is 3.14. The van der Waals surface area contributed by atoms with Gasteiger partial charge in [0.1, 0.15) is 0 Å². The van der Waals surface area contributed by atoms with Crippen LogP contribution in [0.2, 0.25) is 0 Å². The first-order valence-electron chi connectivity index (χ1n) is 4.82. The van der Waals surface area contributed by atoms with Crippen LogP contribution in [0.25, 0.3) is 0 Å². The lowest BCUT2D eigenvalue weighted by Gasteiger charge is -2.13. The van der Waals surface area contributed by atoms with E-state index in [-0.39, 0.29) is 11.9 Å². The van der Waals surface area contributed by atoms with E-state index in [1.54, 1.807) is 0 Å². The zero-order chi connectivity index (χ0) is 10.1. The van der Waals surface area contributed by atoms with E-state index in [0.29, 0.717) is 0 Å². The Morgan fingerprint density at radius 2 is 2.23 bits per heavy atom. The minimum absolute atomic E-state index is 0.140. The third kappa shape index (κ3) is 6.90. The molecular weight excluding hydrogens is 184 g/mol. The summed E-state index contributed by atoms with van der Waals surface area (Å²) in [7, 11) is 0. The molecule has 0 radical (unpaired) electrons. The van der Waals surface area contributed by atoms with Crippen molar-refractivity contribution in [3.8, 4) is 0 Å². The van der Waals surface area contributed by atoms with Crippen molar-refractivity contribution in [2.75, 3.05) is 18.1 Å². The number of hydrogen-bond acceptors (Lipinski definition) is 3. The summed E-state index contributed by atoms with van der Waals surface area (Å²) in [5.41, 5.74) is 5.25. The first-order valence-corrected chi connectivity index (χ1v) is 5.98. The van der Waals surface area contributed by atoms with Crippen LogP contribution in [-0.2, 0) is 4.79 Å². The van der Waals surface area contributed by atoms with Crippen molar-refractivity contribution in [1.82, 2.24) is 5.32 Å². The number of carbonyl (C=O) groups excluding carboxylic acids is 1. The van der Waals surface area contributed by atoms with E-state index in [9.17, 15) is 4.79 Å². The van der Waals surface area contributed by atoms with E-state index < -0.39 is 0 Å². The maximum Gasteiger partial charge on any atom is 0.234 e. The van der Waals surface area contributed by atoms with Gasteiger partial charge in [-0.3, -0.25) is 4.79 Å². The molecule has 0 bridgehead atoms. The van der Waals surface area contributed by atoms with Crippen molar-refractivity contribution >= 4 is 17.7 Å². The van der Waals surface area contributed by atoms with E-state index >= 15 is 0 Å². The molecule has 78 valence electrons. The van der Waals surface area contributed by atoms with Gasteiger partial charge in [-0.05, 0) is 30.9 Å². The number of hydrogen-bond donors (Lipinski definition) is 2. The van der Waals surface area contributed by atoms with E-state index in [4.69, 9.17) is 5.73 Å². The third-order valence-corrected chi connectivity index (χ3v) is 2.67. The molecule has 0 aromatic carbocycles. The van der Waals surface area contributed by atoms with Crippen molar-refractivity contribution < 1.29 is 4.79 Å². The molecule has 13 heavy (non-hydrogen) atoms. The van der Waals surface area contributed by atoms with Gasteiger partial charge < -0.3 is 11.1 Å². The molecule has 0 aliphatic heterocycles. The Hall–Kier alpha value is -0.220. The van der Waals surface area contributed by atoms with Crippen LogP contribution < -0.4 is 11.1 Å². The largest absolute Gasteiger partial charge is 0.368 e. The molecule has 0 spiro atoms. The maximum atomic E-state index is 11.0. The van der Waals surface area contributed by atoms with Crippen LogP contribution in [0, 0.1) is 0 Å². The fourth-order valence-corrected chi connectivity index (χ4v) is 1.70. The maximum absolute atomic E-state index is 11.0. The Balaban J connectivity index is 3.61. The smallest absolute Gasteiger partial charge is 0.234 e. The average Bonchev–Trinajstić information content (AvgIpc) is 2.10. The fourth-order valence-electron chi connectivity index (χ4n) is 1.01. The summed E-state index contributed by atoms with van der Waals surface area (Å²) in [6.07, 6.45) is 1.87. The van der Waals surface area contributed by atoms with Crippen LogP contribution in [0.4, 0.5) is 0 Å². The number of carbonyl (C=O) groups is 1. The number of amides is 1. The topological polar surface area (TPSA) is 55.1 Å². The lowest BCUT2D eigenvalue weighted by atomic mass is 10.2. The number of primary amides is 1. The van der Waals surface area contributed by atoms with Gasteiger partial charge in [-0.2, -0.15) is 11.8 Å². The van der Waals surface area contributed by atoms with Crippen LogP contribution in [-0.4, -0.2) is 30.0 Å². The summed E-state index contributed by atoms with van der Waals surface area (Å²) >= 11 is 1.84. The molecule has 0 aromatic heterocycles. The van der Waals surface area contributed by atoms with Crippen LogP contribution in [0.3, 0.4) is 0 Å². The second-order valence-corrected chi connectivity index (χ2v) is 4.29. The summed E-state index contributed by atoms with van der Waals surface area (Å²) in [4.78, 5) is 11.0. The molecule has 0 aliphatic rings. The van der Waals surface area contributed by atoms with Gasteiger partial charge in [-0.15, -0.1) is 0 Å². The van der Waals surface area contributed by atoms with Gasteiger partial charge in [0.05, 0.1) is 6.04 Å². The van der Waals surface area contributed by atoms with E-state index in [1.165, 1.54) is 0 Å². The Kier molecular flexibility index (Phi) is 8.24. The van der Waals surface area contributed by atoms with Crippen LogP contribution in [0.15, 0.2) is 0 Å². The average molecular weight is 204 g/mol. The molecule has 1 atom stereocenters. The highest BCUT2D eigenvalue weighted by Crippen LogP contribution is 2.03. The van der Waals surface area contributed by atoms with E-state index in [2.05, 4.69) is 19.2 Å². The first-order chi connectivity index (χ1) is 6.22. The van der Waals surface area contributed by atoms with Crippen molar-refractivity contribution in [3.63, 3.8) is 0 Å². The Morgan fingerprint density at radius 1 is 1.54 bits per heavy atom. The predicted octanol–water partition coefficient (Wildman–Crippen LogP) is 0.983. The van der Waals surface area contributed by atoms with E-state index in [0.717, 1.165) is 30.9 Å². The third-order valence-electron chi connectivity index (χ3n) is 1.74. The van der Waals surface area contributed by atoms with Crippen molar-refractivity contribution in [2.24, 2.45) is 5.73 Å². The van der Waals surface area contributed by atoms with Crippen molar-refractivity contribution in [2.45, 2.75) is 32.7 Å².